The van der Waals surface area contributed by atoms with Crippen molar-refractivity contribution in [3.63, 3.8) is 0 Å². The number of ether oxygens (including phenoxy) is 1. The Hall–Kier alpha value is -1.02. The fourth-order valence-corrected chi connectivity index (χ4v) is 1.94. The summed E-state index contributed by atoms with van der Waals surface area (Å²) >= 11 is 0. The molecule has 1 aromatic rings. The van der Waals surface area contributed by atoms with Crippen LogP contribution in [0.3, 0.4) is 0 Å². The molecule has 0 radical (unpaired) electrons. The van der Waals surface area contributed by atoms with Gasteiger partial charge in [0.05, 0.1) is 6.10 Å². The zero-order valence-electron chi connectivity index (χ0n) is 11.0. The maximum Gasteiger partial charge on any atom is 0.119 e. The van der Waals surface area contributed by atoms with Crippen molar-refractivity contribution in [1.82, 2.24) is 4.90 Å². The molecule has 0 aliphatic carbocycles. The quantitative estimate of drug-likeness (QED) is 0.754. The first-order valence-electron chi connectivity index (χ1n) is 5.97. The number of nitrogens with zero attached hydrogens (tertiary/aromatic N) is 1. The molecule has 0 N–H and O–H groups in total. The predicted octanol–water partition coefficient (Wildman–Crippen LogP) is 3.49. The first-order chi connectivity index (χ1) is 7.54. The van der Waals surface area contributed by atoms with E-state index in [0.717, 1.165) is 12.2 Å². The number of benzene rings is 1. The summed E-state index contributed by atoms with van der Waals surface area (Å²) < 4.78 is 5.63. The molecule has 0 heterocycles. The summed E-state index contributed by atoms with van der Waals surface area (Å²) in [5.74, 6) is 0.951. The van der Waals surface area contributed by atoms with Crippen LogP contribution in [0.4, 0.5) is 0 Å². The van der Waals surface area contributed by atoms with Crippen molar-refractivity contribution >= 4 is 0 Å². The molecule has 1 rings (SSSR count). The maximum atomic E-state index is 5.63. The van der Waals surface area contributed by atoms with Gasteiger partial charge in [0.15, 0.2) is 0 Å². The van der Waals surface area contributed by atoms with E-state index in [-0.39, 0.29) is 6.10 Å². The summed E-state index contributed by atoms with van der Waals surface area (Å²) in [7, 11) is 4.24. The van der Waals surface area contributed by atoms with Gasteiger partial charge in [-0.2, -0.15) is 0 Å². The molecule has 16 heavy (non-hydrogen) atoms. The van der Waals surface area contributed by atoms with Crippen molar-refractivity contribution in [3.8, 4) is 5.75 Å². The van der Waals surface area contributed by atoms with E-state index < -0.39 is 0 Å². The van der Waals surface area contributed by atoms with Crippen LogP contribution < -0.4 is 4.74 Å². The number of hydrogen-bond acceptors (Lipinski definition) is 2. The van der Waals surface area contributed by atoms with Crippen molar-refractivity contribution in [1.29, 1.82) is 0 Å². The van der Waals surface area contributed by atoms with E-state index >= 15 is 0 Å². The van der Waals surface area contributed by atoms with Gasteiger partial charge in [0.25, 0.3) is 0 Å². The fraction of sp³-hybridized carbons (Fsp3) is 0.571. The first kappa shape index (κ1) is 13.0. The highest BCUT2D eigenvalue weighted by Gasteiger charge is 2.11. The molecule has 0 saturated heterocycles. The van der Waals surface area contributed by atoms with E-state index in [4.69, 9.17) is 4.74 Å². The Bertz CT molecular complexity index is 303. The lowest BCUT2D eigenvalue weighted by Crippen LogP contribution is -2.19. The number of hydrogen-bond donors (Lipinski definition) is 0. The van der Waals surface area contributed by atoms with Crippen LogP contribution in [0.5, 0.6) is 5.75 Å². The first-order valence-corrected chi connectivity index (χ1v) is 5.97. The van der Waals surface area contributed by atoms with Crippen LogP contribution in [0.25, 0.3) is 0 Å². The summed E-state index contributed by atoms with van der Waals surface area (Å²) in [6.07, 6.45) is 1.36. The molecule has 2 nitrogen and oxygen atoms in total. The minimum atomic E-state index is 0.238. The highest BCUT2D eigenvalue weighted by atomic mass is 16.5. The van der Waals surface area contributed by atoms with Gasteiger partial charge >= 0.3 is 0 Å². The third-order valence-electron chi connectivity index (χ3n) is 2.65. The third-order valence-corrected chi connectivity index (χ3v) is 2.65. The Balaban J connectivity index is 2.77. The van der Waals surface area contributed by atoms with Crippen molar-refractivity contribution < 1.29 is 4.74 Å². The predicted molar refractivity (Wildman–Crippen MR) is 68.9 cm³/mol. The third kappa shape index (κ3) is 3.53. The Kier molecular flexibility index (Phi) is 4.81. The van der Waals surface area contributed by atoms with Crippen LogP contribution >= 0.6 is 0 Å². The van der Waals surface area contributed by atoms with Crippen molar-refractivity contribution in [2.45, 2.75) is 39.3 Å². The SMILES string of the molecule is CCC(c1ccc(OC(C)C)cc1)N(C)C. The summed E-state index contributed by atoms with van der Waals surface area (Å²) in [4.78, 5) is 2.25. The van der Waals surface area contributed by atoms with E-state index in [1.54, 1.807) is 0 Å². The molecule has 1 atom stereocenters. The zero-order chi connectivity index (χ0) is 12.1. The van der Waals surface area contributed by atoms with E-state index in [9.17, 15) is 0 Å². The smallest absolute Gasteiger partial charge is 0.119 e. The Morgan fingerprint density at radius 1 is 1.12 bits per heavy atom. The lowest BCUT2D eigenvalue weighted by atomic mass is 10.0. The van der Waals surface area contributed by atoms with E-state index in [0.29, 0.717) is 6.04 Å². The van der Waals surface area contributed by atoms with Gasteiger partial charge in [-0.3, -0.25) is 0 Å². The monoisotopic (exact) mass is 221 g/mol. The van der Waals surface area contributed by atoms with Gasteiger partial charge in [-0.25, -0.2) is 0 Å². The van der Waals surface area contributed by atoms with E-state index in [1.165, 1.54) is 5.56 Å². The Labute approximate surface area is 99.2 Å². The molecule has 0 aliphatic rings. The van der Waals surface area contributed by atoms with Crippen LogP contribution in [0.2, 0.25) is 0 Å². The fourth-order valence-electron chi connectivity index (χ4n) is 1.94. The molecule has 1 aromatic carbocycles. The summed E-state index contributed by atoms with van der Waals surface area (Å²) in [6.45, 7) is 6.30. The number of rotatable bonds is 5. The largest absolute Gasteiger partial charge is 0.491 e. The molecule has 0 saturated carbocycles. The highest BCUT2D eigenvalue weighted by molar-refractivity contribution is 5.29. The van der Waals surface area contributed by atoms with Crippen molar-refractivity contribution in [2.24, 2.45) is 0 Å². The highest BCUT2D eigenvalue weighted by Crippen LogP contribution is 2.24. The second-order valence-electron chi connectivity index (χ2n) is 4.62. The van der Waals surface area contributed by atoms with E-state index in [2.05, 4.69) is 50.2 Å². The molecule has 0 fully saturated rings. The maximum absolute atomic E-state index is 5.63. The Morgan fingerprint density at radius 3 is 2.06 bits per heavy atom. The molecule has 1 unspecified atom stereocenters. The van der Waals surface area contributed by atoms with Gasteiger partial charge in [-0.05, 0) is 52.1 Å². The van der Waals surface area contributed by atoms with Crippen LogP contribution in [0.15, 0.2) is 24.3 Å². The molecule has 90 valence electrons. The van der Waals surface area contributed by atoms with Crippen LogP contribution in [0.1, 0.15) is 38.8 Å². The molecule has 0 spiro atoms. The zero-order valence-corrected chi connectivity index (χ0v) is 11.0. The van der Waals surface area contributed by atoms with Gasteiger partial charge < -0.3 is 9.64 Å². The average molecular weight is 221 g/mol. The topological polar surface area (TPSA) is 12.5 Å². The lowest BCUT2D eigenvalue weighted by Gasteiger charge is -2.23. The van der Waals surface area contributed by atoms with Crippen LogP contribution in [-0.2, 0) is 0 Å². The normalized spacial score (nSPS) is 13.2. The summed E-state index contributed by atoms with van der Waals surface area (Å²) in [6, 6.07) is 8.92. The molecule has 0 amide bonds. The average Bonchev–Trinajstić information content (AvgIpc) is 2.20. The van der Waals surface area contributed by atoms with Crippen molar-refractivity contribution in [2.75, 3.05) is 14.1 Å². The van der Waals surface area contributed by atoms with Gasteiger partial charge in [0.2, 0.25) is 0 Å². The molecular weight excluding hydrogens is 198 g/mol. The van der Waals surface area contributed by atoms with Crippen LogP contribution in [0, 0.1) is 0 Å². The summed E-state index contributed by atoms with van der Waals surface area (Å²) in [5, 5.41) is 0. The molecule has 0 aromatic heterocycles. The van der Waals surface area contributed by atoms with Crippen molar-refractivity contribution in [3.05, 3.63) is 29.8 Å². The lowest BCUT2D eigenvalue weighted by molar-refractivity contribution is 0.242. The second kappa shape index (κ2) is 5.90. The molecular formula is C14H23NO. The Morgan fingerprint density at radius 2 is 1.69 bits per heavy atom. The minimum absolute atomic E-state index is 0.238. The van der Waals surface area contributed by atoms with E-state index in [1.807, 2.05) is 13.8 Å². The molecule has 0 bridgehead atoms. The minimum Gasteiger partial charge on any atom is -0.491 e. The van der Waals surface area contributed by atoms with Gasteiger partial charge in [-0.1, -0.05) is 19.1 Å². The van der Waals surface area contributed by atoms with Crippen LogP contribution in [-0.4, -0.2) is 25.1 Å². The standard InChI is InChI=1S/C14H23NO/c1-6-14(15(4)5)12-7-9-13(10-8-12)16-11(2)3/h7-11,14H,6H2,1-5H3. The molecule has 2 heteroatoms. The molecule has 0 aliphatic heterocycles. The van der Waals surface area contributed by atoms with Gasteiger partial charge in [0, 0.05) is 6.04 Å². The van der Waals surface area contributed by atoms with Gasteiger partial charge in [-0.15, -0.1) is 0 Å². The summed E-state index contributed by atoms with van der Waals surface area (Å²) in [5.41, 5.74) is 1.35. The second-order valence-corrected chi connectivity index (χ2v) is 4.62. The van der Waals surface area contributed by atoms with Gasteiger partial charge in [0.1, 0.15) is 5.75 Å².